The van der Waals surface area contributed by atoms with Crippen molar-refractivity contribution in [1.82, 2.24) is 5.32 Å². The summed E-state index contributed by atoms with van der Waals surface area (Å²) >= 11 is 0. The van der Waals surface area contributed by atoms with Crippen LogP contribution in [0.5, 0.6) is 0 Å². The van der Waals surface area contributed by atoms with Crippen LogP contribution in [0.15, 0.2) is 16.7 Å². The first-order valence-corrected chi connectivity index (χ1v) is 7.36. The summed E-state index contributed by atoms with van der Waals surface area (Å²) < 4.78 is 5.46. The Bertz CT molecular complexity index is 447. The largest absolute Gasteiger partial charge is 0.469 e. The predicted octanol–water partition coefficient (Wildman–Crippen LogP) is 2.29. The number of carbonyl (C=O) groups is 1. The summed E-state index contributed by atoms with van der Waals surface area (Å²) in [4.78, 5) is 12.3. The first kappa shape index (κ1) is 12.7. The van der Waals surface area contributed by atoms with Crippen LogP contribution in [0, 0.1) is 5.92 Å². The summed E-state index contributed by atoms with van der Waals surface area (Å²) in [5, 5.41) is 3.21. The molecule has 1 aromatic rings. The molecule has 2 aliphatic carbocycles. The number of fused-ring (bicyclic) bond motifs is 1. The van der Waals surface area contributed by atoms with Gasteiger partial charge in [0.2, 0.25) is 5.91 Å². The molecule has 1 atom stereocenters. The van der Waals surface area contributed by atoms with Gasteiger partial charge in [0, 0.05) is 23.9 Å². The second-order valence-electron chi connectivity index (χ2n) is 5.86. The topological polar surface area (TPSA) is 68.3 Å². The lowest BCUT2D eigenvalue weighted by Gasteiger charge is -2.28. The Kier molecular flexibility index (Phi) is 3.60. The van der Waals surface area contributed by atoms with Gasteiger partial charge in [-0.05, 0) is 44.6 Å². The van der Waals surface area contributed by atoms with Gasteiger partial charge in [-0.1, -0.05) is 0 Å². The van der Waals surface area contributed by atoms with Gasteiger partial charge in [-0.2, -0.15) is 0 Å². The molecule has 0 aromatic carbocycles. The van der Waals surface area contributed by atoms with Gasteiger partial charge in [-0.15, -0.1) is 0 Å². The van der Waals surface area contributed by atoms with E-state index in [1.807, 2.05) is 6.07 Å². The molecule has 0 aliphatic heterocycles. The van der Waals surface area contributed by atoms with Crippen LogP contribution in [-0.4, -0.2) is 11.9 Å². The van der Waals surface area contributed by atoms with Crippen LogP contribution in [-0.2, 0) is 11.2 Å². The minimum atomic E-state index is 0.144. The molecule has 104 valence electrons. The molecular weight excluding hydrogens is 240 g/mol. The minimum absolute atomic E-state index is 0.144. The molecule has 4 nitrogen and oxygen atoms in total. The highest BCUT2D eigenvalue weighted by Crippen LogP contribution is 2.31. The molecule has 0 spiro atoms. The van der Waals surface area contributed by atoms with Crippen LogP contribution in [0.4, 0.5) is 0 Å². The van der Waals surface area contributed by atoms with E-state index in [2.05, 4.69) is 5.32 Å². The molecule has 0 saturated heterocycles. The van der Waals surface area contributed by atoms with Gasteiger partial charge in [0.05, 0.1) is 12.3 Å². The molecule has 3 N–H and O–H groups in total. The number of nitrogens with one attached hydrogen (secondary N) is 1. The third-order valence-corrected chi connectivity index (χ3v) is 4.51. The zero-order chi connectivity index (χ0) is 13.2. The van der Waals surface area contributed by atoms with E-state index in [9.17, 15) is 4.79 Å². The van der Waals surface area contributed by atoms with Gasteiger partial charge in [0.15, 0.2) is 0 Å². The van der Waals surface area contributed by atoms with Gasteiger partial charge >= 0.3 is 0 Å². The predicted molar refractivity (Wildman–Crippen MR) is 72.5 cm³/mol. The second kappa shape index (κ2) is 5.37. The maximum Gasteiger partial charge on any atom is 0.223 e. The number of hydrogen-bond acceptors (Lipinski definition) is 3. The zero-order valence-corrected chi connectivity index (χ0v) is 11.2. The lowest BCUT2D eigenvalue weighted by Crippen LogP contribution is -2.38. The number of furan rings is 1. The van der Waals surface area contributed by atoms with Crippen LogP contribution in [0.2, 0.25) is 0 Å². The van der Waals surface area contributed by atoms with Crippen molar-refractivity contribution in [3.63, 3.8) is 0 Å². The van der Waals surface area contributed by atoms with Crippen LogP contribution >= 0.6 is 0 Å². The Hall–Kier alpha value is -1.29. The molecule has 1 saturated carbocycles. The van der Waals surface area contributed by atoms with Crippen molar-refractivity contribution >= 4 is 5.91 Å². The van der Waals surface area contributed by atoms with Crippen molar-refractivity contribution < 1.29 is 9.21 Å². The van der Waals surface area contributed by atoms with Gasteiger partial charge in [-0.3, -0.25) is 4.79 Å². The Labute approximate surface area is 113 Å². The van der Waals surface area contributed by atoms with E-state index in [1.165, 1.54) is 5.56 Å². The van der Waals surface area contributed by atoms with Crippen molar-refractivity contribution in [3.8, 4) is 0 Å². The van der Waals surface area contributed by atoms with Crippen LogP contribution in [0.1, 0.15) is 55.9 Å². The van der Waals surface area contributed by atoms with E-state index >= 15 is 0 Å². The lowest BCUT2D eigenvalue weighted by molar-refractivity contribution is -0.126. The summed E-state index contributed by atoms with van der Waals surface area (Å²) in [5.41, 5.74) is 7.06. The van der Waals surface area contributed by atoms with Crippen molar-refractivity contribution in [2.24, 2.45) is 11.7 Å². The zero-order valence-electron chi connectivity index (χ0n) is 11.2. The Balaban J connectivity index is 1.62. The molecular formula is C15H22N2O2. The molecule has 1 amide bonds. The number of hydrogen-bond donors (Lipinski definition) is 2. The highest BCUT2D eigenvalue weighted by molar-refractivity contribution is 5.79. The average Bonchev–Trinajstić information content (AvgIpc) is 2.89. The third kappa shape index (κ3) is 2.68. The lowest BCUT2D eigenvalue weighted by atomic mass is 9.85. The number of rotatable bonds is 2. The molecule has 4 heteroatoms. The van der Waals surface area contributed by atoms with E-state index in [0.717, 1.165) is 50.7 Å². The summed E-state index contributed by atoms with van der Waals surface area (Å²) in [5.74, 6) is 1.39. The average molecular weight is 262 g/mol. The minimum Gasteiger partial charge on any atom is -0.469 e. The normalized spacial score (nSPS) is 30.7. The maximum atomic E-state index is 12.3. The SMILES string of the molecule is NC1CCC(C(=O)NC2CCCc3occc32)CC1. The van der Waals surface area contributed by atoms with Crippen molar-refractivity contribution in [3.05, 3.63) is 23.7 Å². The smallest absolute Gasteiger partial charge is 0.223 e. The van der Waals surface area contributed by atoms with E-state index in [-0.39, 0.29) is 17.9 Å². The van der Waals surface area contributed by atoms with E-state index in [4.69, 9.17) is 10.2 Å². The Morgan fingerprint density at radius 2 is 2.05 bits per heavy atom. The van der Waals surface area contributed by atoms with Crippen molar-refractivity contribution in [1.29, 1.82) is 0 Å². The van der Waals surface area contributed by atoms with Crippen LogP contribution < -0.4 is 11.1 Å². The summed E-state index contributed by atoms with van der Waals surface area (Å²) in [6, 6.07) is 2.43. The Morgan fingerprint density at radius 3 is 2.84 bits per heavy atom. The van der Waals surface area contributed by atoms with Crippen molar-refractivity contribution in [2.45, 2.75) is 57.0 Å². The van der Waals surface area contributed by atoms with Crippen molar-refractivity contribution in [2.75, 3.05) is 0 Å². The van der Waals surface area contributed by atoms with E-state index in [1.54, 1.807) is 6.26 Å². The summed E-state index contributed by atoms with van der Waals surface area (Å²) in [6.07, 6.45) is 8.63. The molecule has 2 aliphatic rings. The number of aryl methyl sites for hydroxylation is 1. The fourth-order valence-electron chi connectivity index (χ4n) is 3.31. The highest BCUT2D eigenvalue weighted by Gasteiger charge is 2.29. The first-order valence-electron chi connectivity index (χ1n) is 7.36. The maximum absolute atomic E-state index is 12.3. The van der Waals surface area contributed by atoms with Gasteiger partial charge in [0.25, 0.3) is 0 Å². The van der Waals surface area contributed by atoms with Gasteiger partial charge in [-0.25, -0.2) is 0 Å². The Morgan fingerprint density at radius 1 is 1.26 bits per heavy atom. The third-order valence-electron chi connectivity index (χ3n) is 4.51. The van der Waals surface area contributed by atoms with E-state index in [0.29, 0.717) is 6.04 Å². The fraction of sp³-hybridized carbons (Fsp3) is 0.667. The molecule has 1 unspecified atom stereocenters. The molecule has 1 heterocycles. The molecule has 0 radical (unpaired) electrons. The molecule has 1 aromatic heterocycles. The van der Waals surface area contributed by atoms with Gasteiger partial charge < -0.3 is 15.5 Å². The first-order chi connectivity index (χ1) is 9.24. The quantitative estimate of drug-likeness (QED) is 0.859. The highest BCUT2D eigenvalue weighted by atomic mass is 16.3. The van der Waals surface area contributed by atoms with Crippen LogP contribution in [0.25, 0.3) is 0 Å². The van der Waals surface area contributed by atoms with E-state index < -0.39 is 0 Å². The molecule has 19 heavy (non-hydrogen) atoms. The number of carbonyl (C=O) groups excluding carboxylic acids is 1. The standard InChI is InChI=1S/C15H22N2O2/c16-11-6-4-10(5-7-11)15(18)17-13-2-1-3-14-12(13)8-9-19-14/h8-11,13H,1-7,16H2,(H,17,18). The summed E-state index contributed by atoms with van der Waals surface area (Å²) in [7, 11) is 0. The second-order valence-corrected chi connectivity index (χ2v) is 5.86. The monoisotopic (exact) mass is 262 g/mol. The number of nitrogens with two attached hydrogens (primary N) is 1. The fourth-order valence-corrected chi connectivity index (χ4v) is 3.31. The van der Waals surface area contributed by atoms with Crippen LogP contribution in [0.3, 0.4) is 0 Å². The molecule has 3 rings (SSSR count). The number of amides is 1. The van der Waals surface area contributed by atoms with Gasteiger partial charge in [0.1, 0.15) is 5.76 Å². The molecule has 1 fully saturated rings. The molecule has 0 bridgehead atoms. The summed E-state index contributed by atoms with van der Waals surface area (Å²) in [6.45, 7) is 0.